The quantitative estimate of drug-likeness (QED) is 0.302. The maximum atomic E-state index is 13.3. The number of carbonyl (C=O) groups excluding carboxylic acids is 3. The average molecular weight is 443 g/mol. The van der Waals surface area contributed by atoms with Crippen LogP contribution in [0.1, 0.15) is 6.92 Å². The molecule has 10 nitrogen and oxygen atoms in total. The predicted molar refractivity (Wildman–Crippen MR) is 111 cm³/mol. The molecule has 2 aliphatic rings. The molecule has 0 aromatic heterocycles. The van der Waals surface area contributed by atoms with E-state index in [9.17, 15) is 24.5 Å². The summed E-state index contributed by atoms with van der Waals surface area (Å²) in [6.45, 7) is 1.68. The Morgan fingerprint density at radius 2 is 1.71 bits per heavy atom. The highest BCUT2D eigenvalue weighted by Crippen LogP contribution is 2.38. The first-order chi connectivity index (χ1) is 14.8. The molecule has 0 radical (unpaired) electrons. The number of ether oxygens (including phenoxy) is 1. The van der Waals surface area contributed by atoms with Crippen molar-refractivity contribution in [1.82, 2.24) is 0 Å². The van der Waals surface area contributed by atoms with Gasteiger partial charge in [0.15, 0.2) is 5.71 Å². The summed E-state index contributed by atoms with van der Waals surface area (Å²) in [4.78, 5) is 50.3. The zero-order valence-electron chi connectivity index (χ0n) is 16.1. The van der Waals surface area contributed by atoms with Gasteiger partial charge in [-0.15, -0.1) is 0 Å². The van der Waals surface area contributed by atoms with Gasteiger partial charge in [-0.2, -0.15) is 5.10 Å². The van der Waals surface area contributed by atoms with Crippen molar-refractivity contribution in [1.29, 1.82) is 0 Å². The summed E-state index contributed by atoms with van der Waals surface area (Å²) in [6.07, 6.45) is 0. The van der Waals surface area contributed by atoms with Gasteiger partial charge in [-0.1, -0.05) is 11.6 Å². The third-order valence-electron chi connectivity index (χ3n) is 4.94. The highest BCUT2D eigenvalue weighted by molar-refractivity contribution is 6.47. The molecule has 4 rings (SSSR count). The number of amides is 2. The van der Waals surface area contributed by atoms with Crippen LogP contribution in [0, 0.1) is 16.0 Å². The molecule has 2 heterocycles. The molecule has 0 bridgehead atoms. The highest BCUT2D eigenvalue weighted by Gasteiger charge is 2.59. The Labute approximate surface area is 180 Å². The van der Waals surface area contributed by atoms with Crippen molar-refractivity contribution in [3.8, 4) is 0 Å². The van der Waals surface area contributed by atoms with Crippen LogP contribution in [0.4, 0.5) is 17.1 Å². The number of benzene rings is 2. The van der Waals surface area contributed by atoms with Crippen LogP contribution in [-0.4, -0.2) is 41.1 Å². The van der Waals surface area contributed by atoms with Gasteiger partial charge >= 0.3 is 5.97 Å². The fourth-order valence-electron chi connectivity index (χ4n) is 3.57. The lowest BCUT2D eigenvalue weighted by Crippen LogP contribution is -2.39. The van der Waals surface area contributed by atoms with Crippen LogP contribution < -0.4 is 9.91 Å². The van der Waals surface area contributed by atoms with E-state index in [2.05, 4.69) is 5.10 Å². The first kappa shape index (κ1) is 20.5. The molecule has 0 saturated carbocycles. The molecule has 2 aromatic carbocycles. The van der Waals surface area contributed by atoms with E-state index in [4.69, 9.17) is 16.3 Å². The topological polar surface area (TPSA) is 122 Å². The number of hydrogen-bond donors (Lipinski definition) is 0. The summed E-state index contributed by atoms with van der Waals surface area (Å²) >= 11 is 5.90. The molecule has 2 aromatic rings. The van der Waals surface area contributed by atoms with Crippen molar-refractivity contribution < 1.29 is 24.0 Å². The second-order valence-corrected chi connectivity index (χ2v) is 7.17. The summed E-state index contributed by atoms with van der Waals surface area (Å²) in [6, 6.07) is 10.3. The summed E-state index contributed by atoms with van der Waals surface area (Å²) in [5.41, 5.74) is 0.283. The number of nitrogens with zero attached hydrogens (tertiary/aromatic N) is 4. The molecular weight excluding hydrogens is 428 g/mol. The lowest BCUT2D eigenvalue weighted by Gasteiger charge is -2.22. The predicted octanol–water partition coefficient (Wildman–Crippen LogP) is 2.55. The molecule has 11 heteroatoms. The van der Waals surface area contributed by atoms with Crippen molar-refractivity contribution in [2.75, 3.05) is 16.5 Å². The molecule has 0 aliphatic carbocycles. The second-order valence-electron chi connectivity index (χ2n) is 6.73. The summed E-state index contributed by atoms with van der Waals surface area (Å²) in [7, 11) is 0. The molecule has 2 amide bonds. The third-order valence-corrected chi connectivity index (χ3v) is 5.20. The molecular formula is C20H15ClN4O6. The van der Waals surface area contributed by atoms with Crippen LogP contribution in [0.25, 0.3) is 0 Å². The van der Waals surface area contributed by atoms with Gasteiger partial charge in [0.1, 0.15) is 12.0 Å². The number of hydrogen-bond acceptors (Lipinski definition) is 8. The summed E-state index contributed by atoms with van der Waals surface area (Å²) < 4.78 is 5.02. The smallest absolute Gasteiger partial charge is 0.355 e. The Bertz CT molecular complexity index is 1120. The molecule has 1 saturated heterocycles. The van der Waals surface area contributed by atoms with E-state index in [0.717, 1.165) is 4.90 Å². The van der Waals surface area contributed by atoms with Crippen molar-refractivity contribution in [2.45, 2.75) is 13.0 Å². The van der Waals surface area contributed by atoms with E-state index >= 15 is 0 Å². The van der Waals surface area contributed by atoms with Gasteiger partial charge < -0.3 is 4.74 Å². The minimum absolute atomic E-state index is 0.0653. The lowest BCUT2D eigenvalue weighted by atomic mass is 9.97. The van der Waals surface area contributed by atoms with Crippen LogP contribution in [0.5, 0.6) is 0 Å². The standard InChI is InChI=1S/C20H15ClN4O6/c1-2-31-20(28)16-15-17(24(22-16)13-7-9-14(10-8-13)25(29)30)19(27)23(18(15)26)12-5-3-11(21)4-6-12/h3-10,15,17H,2H2,1H3. The number of anilines is 2. The van der Waals surface area contributed by atoms with E-state index in [1.54, 1.807) is 19.1 Å². The zero-order valence-corrected chi connectivity index (χ0v) is 16.9. The molecule has 0 N–H and O–H groups in total. The number of non-ortho nitro benzene ring substituents is 1. The van der Waals surface area contributed by atoms with E-state index in [1.165, 1.54) is 41.4 Å². The SMILES string of the molecule is CCOC(=O)C1=NN(c2ccc([N+](=O)[O-])cc2)C2C(=O)N(c3ccc(Cl)cc3)C(=O)C12. The Balaban J connectivity index is 1.77. The molecule has 158 valence electrons. The van der Waals surface area contributed by atoms with Gasteiger partial charge in [-0.05, 0) is 43.3 Å². The molecule has 31 heavy (non-hydrogen) atoms. The molecule has 2 atom stereocenters. The summed E-state index contributed by atoms with van der Waals surface area (Å²) in [5, 5.41) is 16.8. The number of esters is 1. The average Bonchev–Trinajstić information content (AvgIpc) is 3.26. The molecule has 2 unspecified atom stereocenters. The Hall–Kier alpha value is -3.79. The van der Waals surface area contributed by atoms with Crippen LogP contribution in [0.3, 0.4) is 0 Å². The first-order valence-corrected chi connectivity index (χ1v) is 9.64. The number of halogens is 1. The van der Waals surface area contributed by atoms with E-state index < -0.39 is 34.7 Å². The van der Waals surface area contributed by atoms with Crippen molar-refractivity contribution >= 4 is 52.2 Å². The van der Waals surface area contributed by atoms with Crippen molar-refractivity contribution in [3.63, 3.8) is 0 Å². The fraction of sp³-hybridized carbons (Fsp3) is 0.200. The zero-order chi connectivity index (χ0) is 22.3. The van der Waals surface area contributed by atoms with Crippen LogP contribution in [-0.2, 0) is 19.1 Å². The second kappa shape index (κ2) is 7.80. The monoisotopic (exact) mass is 442 g/mol. The Morgan fingerprint density at radius 3 is 2.29 bits per heavy atom. The van der Waals surface area contributed by atoms with Crippen molar-refractivity contribution in [2.24, 2.45) is 11.0 Å². The van der Waals surface area contributed by atoms with E-state index in [0.29, 0.717) is 16.4 Å². The lowest BCUT2D eigenvalue weighted by molar-refractivity contribution is -0.384. The number of rotatable bonds is 5. The van der Waals surface area contributed by atoms with E-state index in [-0.39, 0.29) is 18.0 Å². The molecule has 0 spiro atoms. The maximum Gasteiger partial charge on any atom is 0.355 e. The fourth-order valence-corrected chi connectivity index (χ4v) is 3.70. The van der Waals surface area contributed by atoms with Gasteiger partial charge in [-0.25, -0.2) is 9.69 Å². The van der Waals surface area contributed by atoms with Gasteiger partial charge in [0, 0.05) is 17.2 Å². The Morgan fingerprint density at radius 1 is 1.10 bits per heavy atom. The number of nitro groups is 1. The van der Waals surface area contributed by atoms with Crippen molar-refractivity contribution in [3.05, 3.63) is 63.7 Å². The normalized spacial score (nSPS) is 20.0. The largest absolute Gasteiger partial charge is 0.461 e. The highest BCUT2D eigenvalue weighted by atomic mass is 35.5. The van der Waals surface area contributed by atoms with Crippen LogP contribution in [0.2, 0.25) is 5.02 Å². The summed E-state index contributed by atoms with van der Waals surface area (Å²) in [5.74, 6) is -3.18. The van der Waals surface area contributed by atoms with Gasteiger partial charge in [0.2, 0.25) is 5.91 Å². The number of imide groups is 1. The van der Waals surface area contributed by atoms with E-state index in [1.807, 2.05) is 0 Å². The third kappa shape index (κ3) is 3.40. The minimum atomic E-state index is -1.17. The molecule has 1 fully saturated rings. The van der Waals surface area contributed by atoms with Crippen LogP contribution >= 0.6 is 11.6 Å². The minimum Gasteiger partial charge on any atom is -0.461 e. The number of nitro benzene ring substituents is 1. The van der Waals surface area contributed by atoms with Gasteiger partial charge in [0.25, 0.3) is 11.6 Å². The maximum absolute atomic E-state index is 13.3. The molecule has 2 aliphatic heterocycles. The van der Waals surface area contributed by atoms with Crippen LogP contribution in [0.15, 0.2) is 53.6 Å². The first-order valence-electron chi connectivity index (χ1n) is 9.26. The number of fused-ring (bicyclic) bond motifs is 1. The van der Waals surface area contributed by atoms with Gasteiger partial charge in [0.05, 0.1) is 22.9 Å². The van der Waals surface area contributed by atoms with Gasteiger partial charge in [-0.3, -0.25) is 24.7 Å². The number of carbonyl (C=O) groups is 3. The Kier molecular flexibility index (Phi) is 5.15. The number of hydrazone groups is 1.